The molecule has 0 bridgehead atoms. The van der Waals surface area contributed by atoms with Crippen molar-refractivity contribution in [1.82, 2.24) is 25.1 Å². The zero-order chi connectivity index (χ0) is 15.4. The van der Waals surface area contributed by atoms with Crippen LogP contribution in [-0.4, -0.2) is 43.3 Å². The van der Waals surface area contributed by atoms with Gasteiger partial charge in [0.15, 0.2) is 0 Å². The molecule has 0 N–H and O–H groups in total. The third-order valence-electron chi connectivity index (χ3n) is 3.89. The number of benzene rings is 1. The molecule has 2 aromatic rings. The summed E-state index contributed by atoms with van der Waals surface area (Å²) in [7, 11) is 1.80. The van der Waals surface area contributed by atoms with Gasteiger partial charge in [0, 0.05) is 25.8 Å². The summed E-state index contributed by atoms with van der Waals surface area (Å²) in [6.07, 6.45) is 2.64. The Balaban J connectivity index is 1.56. The molecule has 0 saturated carbocycles. The van der Waals surface area contributed by atoms with Gasteiger partial charge < -0.3 is 4.90 Å². The molecule has 22 heavy (non-hydrogen) atoms. The smallest absolute Gasteiger partial charge is 0.223 e. The molecule has 1 unspecified atom stereocenters. The molecule has 1 atom stereocenters. The second kappa shape index (κ2) is 6.91. The minimum Gasteiger partial charge on any atom is -0.336 e. The largest absolute Gasteiger partial charge is 0.336 e. The first-order valence-corrected chi connectivity index (χ1v) is 8.44. The molecular weight excluding hydrogens is 298 g/mol. The normalized spacial score (nSPS) is 17.9. The summed E-state index contributed by atoms with van der Waals surface area (Å²) in [6, 6.07) is 10.5. The van der Waals surface area contributed by atoms with Crippen molar-refractivity contribution in [3.05, 3.63) is 35.9 Å². The molecule has 1 amide bonds. The molecule has 1 aliphatic rings. The Kier molecular flexibility index (Phi) is 4.72. The number of thioether (sulfide) groups is 1. The number of carbonyl (C=O) groups excluding carboxylic acids is 1. The lowest BCUT2D eigenvalue weighted by atomic mass is 10.0. The fourth-order valence-electron chi connectivity index (χ4n) is 2.80. The average molecular weight is 317 g/mol. The van der Waals surface area contributed by atoms with Gasteiger partial charge in [0.05, 0.1) is 6.04 Å². The van der Waals surface area contributed by atoms with E-state index in [1.165, 1.54) is 17.3 Å². The van der Waals surface area contributed by atoms with E-state index in [9.17, 15) is 4.79 Å². The van der Waals surface area contributed by atoms with E-state index in [0.717, 1.165) is 24.5 Å². The zero-order valence-electron chi connectivity index (χ0n) is 12.6. The standard InChI is InChI=1S/C15H19N5OS/c1-19-15(16-17-18-19)22-11-9-14(21)20-10-5-8-13(20)12-6-3-2-4-7-12/h2-4,6-7,13H,5,8-11H2,1H3. The third kappa shape index (κ3) is 3.30. The molecule has 0 aliphatic carbocycles. The summed E-state index contributed by atoms with van der Waals surface area (Å²) in [4.78, 5) is 14.5. The first-order valence-electron chi connectivity index (χ1n) is 7.45. The Bertz CT molecular complexity index is 630. The van der Waals surface area contributed by atoms with E-state index < -0.39 is 0 Å². The fourth-order valence-corrected chi connectivity index (χ4v) is 3.58. The van der Waals surface area contributed by atoms with Gasteiger partial charge >= 0.3 is 0 Å². The monoisotopic (exact) mass is 317 g/mol. The molecule has 1 aliphatic heterocycles. The average Bonchev–Trinajstić information content (AvgIpc) is 3.17. The maximum absolute atomic E-state index is 12.5. The van der Waals surface area contributed by atoms with E-state index in [-0.39, 0.29) is 11.9 Å². The Morgan fingerprint density at radius 3 is 2.91 bits per heavy atom. The molecule has 1 aromatic heterocycles. The third-order valence-corrected chi connectivity index (χ3v) is 4.90. The van der Waals surface area contributed by atoms with Gasteiger partial charge in [-0.2, -0.15) is 0 Å². The van der Waals surface area contributed by atoms with Gasteiger partial charge in [-0.05, 0) is 28.8 Å². The topological polar surface area (TPSA) is 63.9 Å². The number of aromatic nitrogens is 4. The van der Waals surface area contributed by atoms with Crippen molar-refractivity contribution in [3.8, 4) is 0 Å². The first-order chi connectivity index (χ1) is 10.8. The van der Waals surface area contributed by atoms with Gasteiger partial charge in [-0.1, -0.05) is 42.1 Å². The predicted octanol–water partition coefficient (Wildman–Crippen LogP) is 2.06. The molecule has 6 nitrogen and oxygen atoms in total. The second-order valence-corrected chi connectivity index (χ2v) is 6.40. The highest BCUT2D eigenvalue weighted by molar-refractivity contribution is 7.99. The summed E-state index contributed by atoms with van der Waals surface area (Å²) in [5, 5.41) is 12.0. The maximum Gasteiger partial charge on any atom is 0.223 e. The first kappa shape index (κ1) is 15.0. The number of rotatable bonds is 5. The fraction of sp³-hybridized carbons (Fsp3) is 0.467. The summed E-state index contributed by atoms with van der Waals surface area (Å²) in [6.45, 7) is 0.856. The summed E-state index contributed by atoms with van der Waals surface area (Å²) in [5.41, 5.74) is 1.23. The van der Waals surface area contributed by atoms with Crippen LogP contribution >= 0.6 is 11.8 Å². The van der Waals surface area contributed by atoms with E-state index in [0.29, 0.717) is 12.2 Å². The van der Waals surface area contributed by atoms with Crippen molar-refractivity contribution in [2.24, 2.45) is 7.05 Å². The van der Waals surface area contributed by atoms with Crippen molar-refractivity contribution in [1.29, 1.82) is 0 Å². The van der Waals surface area contributed by atoms with Gasteiger partial charge in [0.2, 0.25) is 11.1 Å². The second-order valence-electron chi connectivity index (χ2n) is 5.34. The molecule has 1 fully saturated rings. The van der Waals surface area contributed by atoms with Gasteiger partial charge in [-0.3, -0.25) is 4.79 Å². The molecule has 0 spiro atoms. The van der Waals surface area contributed by atoms with Crippen molar-refractivity contribution < 1.29 is 4.79 Å². The highest BCUT2D eigenvalue weighted by Gasteiger charge is 2.29. The van der Waals surface area contributed by atoms with E-state index in [4.69, 9.17) is 0 Å². The number of tetrazole rings is 1. The van der Waals surface area contributed by atoms with Crippen molar-refractivity contribution >= 4 is 17.7 Å². The highest BCUT2D eigenvalue weighted by atomic mass is 32.2. The molecule has 3 rings (SSSR count). The SMILES string of the molecule is Cn1nnnc1SCCC(=O)N1CCCC1c1ccccc1. The lowest BCUT2D eigenvalue weighted by Crippen LogP contribution is -2.30. The maximum atomic E-state index is 12.5. The van der Waals surface area contributed by atoms with Crippen LogP contribution in [0.4, 0.5) is 0 Å². The lowest BCUT2D eigenvalue weighted by molar-refractivity contribution is -0.131. The number of hydrogen-bond acceptors (Lipinski definition) is 5. The van der Waals surface area contributed by atoms with Crippen LogP contribution in [0.15, 0.2) is 35.5 Å². The number of nitrogens with zero attached hydrogens (tertiary/aromatic N) is 5. The number of amides is 1. The van der Waals surface area contributed by atoms with Gasteiger partial charge in [0.25, 0.3) is 0 Å². The van der Waals surface area contributed by atoms with Crippen molar-refractivity contribution in [3.63, 3.8) is 0 Å². The van der Waals surface area contributed by atoms with E-state index in [2.05, 4.69) is 27.7 Å². The van der Waals surface area contributed by atoms with E-state index in [1.54, 1.807) is 11.7 Å². The Morgan fingerprint density at radius 2 is 2.18 bits per heavy atom. The minimum absolute atomic E-state index is 0.217. The van der Waals surface area contributed by atoms with Crippen LogP contribution in [0.25, 0.3) is 0 Å². The van der Waals surface area contributed by atoms with Crippen LogP contribution in [0, 0.1) is 0 Å². The minimum atomic E-state index is 0.217. The van der Waals surface area contributed by atoms with Crippen LogP contribution in [0.5, 0.6) is 0 Å². The van der Waals surface area contributed by atoms with E-state index >= 15 is 0 Å². The highest BCUT2D eigenvalue weighted by Crippen LogP contribution is 2.32. The molecule has 0 radical (unpaired) electrons. The van der Waals surface area contributed by atoms with Gasteiger partial charge in [-0.15, -0.1) is 5.10 Å². The zero-order valence-corrected chi connectivity index (χ0v) is 13.4. The molecule has 1 saturated heterocycles. The summed E-state index contributed by atoms with van der Waals surface area (Å²) in [5.74, 6) is 0.916. The number of hydrogen-bond donors (Lipinski definition) is 0. The van der Waals surface area contributed by atoms with Crippen molar-refractivity contribution in [2.45, 2.75) is 30.5 Å². The molecule has 7 heteroatoms. The predicted molar refractivity (Wildman–Crippen MR) is 84.3 cm³/mol. The van der Waals surface area contributed by atoms with E-state index in [1.807, 2.05) is 23.1 Å². The quantitative estimate of drug-likeness (QED) is 0.790. The van der Waals surface area contributed by atoms with Crippen molar-refractivity contribution in [2.75, 3.05) is 12.3 Å². The summed E-state index contributed by atoms with van der Waals surface area (Å²) >= 11 is 1.52. The summed E-state index contributed by atoms with van der Waals surface area (Å²) < 4.78 is 1.62. The molecule has 116 valence electrons. The van der Waals surface area contributed by atoms with Crippen LogP contribution in [0.3, 0.4) is 0 Å². The lowest BCUT2D eigenvalue weighted by Gasteiger charge is -2.25. The Labute approximate surface area is 133 Å². The molecular formula is C15H19N5OS. The van der Waals surface area contributed by atoms with Crippen LogP contribution in [-0.2, 0) is 11.8 Å². The number of likely N-dealkylation sites (tertiary alicyclic amines) is 1. The number of carbonyl (C=O) groups is 1. The number of aryl methyl sites for hydroxylation is 1. The Morgan fingerprint density at radius 1 is 1.36 bits per heavy atom. The Hall–Kier alpha value is -1.89. The van der Waals surface area contributed by atoms with Gasteiger partial charge in [0.1, 0.15) is 0 Å². The van der Waals surface area contributed by atoms with Crippen LogP contribution in [0.1, 0.15) is 30.9 Å². The molecule has 1 aromatic carbocycles. The van der Waals surface area contributed by atoms with Crippen LogP contribution in [0.2, 0.25) is 0 Å². The molecule has 2 heterocycles. The van der Waals surface area contributed by atoms with Crippen LogP contribution < -0.4 is 0 Å². The van der Waals surface area contributed by atoms with Gasteiger partial charge in [-0.25, -0.2) is 4.68 Å².